The van der Waals surface area contributed by atoms with E-state index in [1.807, 2.05) is 6.92 Å². The zero-order valence-corrected chi connectivity index (χ0v) is 14.1. The first-order valence-electron chi connectivity index (χ1n) is 7.11. The molecule has 0 aliphatic rings. The van der Waals surface area contributed by atoms with Crippen LogP contribution in [-0.2, 0) is 13.0 Å². The lowest BCUT2D eigenvalue weighted by molar-refractivity contribution is -0.119. The molecule has 1 aromatic rings. The fourth-order valence-corrected chi connectivity index (χ4v) is 2.95. The van der Waals surface area contributed by atoms with E-state index in [9.17, 15) is 13.2 Å². The van der Waals surface area contributed by atoms with Crippen molar-refractivity contribution >= 4 is 16.5 Å². The van der Waals surface area contributed by atoms with Gasteiger partial charge in [0.2, 0.25) is 0 Å². The highest BCUT2D eigenvalue weighted by Crippen LogP contribution is 2.29. The van der Waals surface area contributed by atoms with Crippen LogP contribution in [0.4, 0.5) is 18.3 Å². The van der Waals surface area contributed by atoms with E-state index in [4.69, 9.17) is 0 Å². The minimum absolute atomic E-state index is 0.0361. The van der Waals surface area contributed by atoms with Crippen molar-refractivity contribution in [1.29, 1.82) is 0 Å². The lowest BCUT2D eigenvalue weighted by Gasteiger charge is -2.21. The van der Waals surface area contributed by atoms with Gasteiger partial charge in [0, 0.05) is 23.5 Å². The highest BCUT2D eigenvalue weighted by molar-refractivity contribution is 7.15. The summed E-state index contributed by atoms with van der Waals surface area (Å²) in [7, 11) is 0. The lowest BCUT2D eigenvalue weighted by Crippen LogP contribution is -2.35. The number of hydrogen-bond donors (Lipinski definition) is 1. The molecule has 1 aromatic heterocycles. The third kappa shape index (κ3) is 6.22. The molecule has 7 heteroatoms. The summed E-state index contributed by atoms with van der Waals surface area (Å²) < 4.78 is 37.8. The summed E-state index contributed by atoms with van der Waals surface area (Å²) in [6.45, 7) is 9.83. The van der Waals surface area contributed by atoms with Gasteiger partial charge in [0.25, 0.3) is 0 Å². The molecule has 0 spiro atoms. The van der Waals surface area contributed by atoms with Crippen molar-refractivity contribution in [2.45, 2.75) is 59.3 Å². The molecule has 3 nitrogen and oxygen atoms in total. The number of anilines is 1. The van der Waals surface area contributed by atoms with Crippen LogP contribution in [0.25, 0.3) is 0 Å². The average molecular weight is 323 g/mol. The smallest absolute Gasteiger partial charge is 0.339 e. The van der Waals surface area contributed by atoms with Gasteiger partial charge >= 0.3 is 6.18 Å². The Morgan fingerprint density at radius 2 is 1.81 bits per heavy atom. The van der Waals surface area contributed by atoms with Crippen molar-refractivity contribution in [3.8, 4) is 0 Å². The number of nitrogens with zero attached hydrogens (tertiary/aromatic N) is 2. The van der Waals surface area contributed by atoms with E-state index < -0.39 is 12.7 Å². The molecule has 0 radical (unpaired) electrons. The molecule has 0 unspecified atom stereocenters. The molecule has 0 amide bonds. The fraction of sp³-hybridized carbons (Fsp3) is 0.786. The molecule has 122 valence electrons. The van der Waals surface area contributed by atoms with Crippen molar-refractivity contribution in [2.75, 3.05) is 18.0 Å². The quantitative estimate of drug-likeness (QED) is 0.858. The topological polar surface area (TPSA) is 28.2 Å². The van der Waals surface area contributed by atoms with Crippen LogP contribution in [0.2, 0.25) is 0 Å². The van der Waals surface area contributed by atoms with Gasteiger partial charge in [-0.25, -0.2) is 4.98 Å². The second-order valence-corrected chi connectivity index (χ2v) is 7.01. The summed E-state index contributed by atoms with van der Waals surface area (Å²) in [6.07, 6.45) is -3.49. The molecule has 0 aromatic carbocycles. The van der Waals surface area contributed by atoms with Crippen molar-refractivity contribution in [1.82, 2.24) is 10.3 Å². The van der Waals surface area contributed by atoms with Crippen LogP contribution in [0, 0.1) is 0 Å². The van der Waals surface area contributed by atoms with E-state index in [0.29, 0.717) is 18.2 Å². The van der Waals surface area contributed by atoms with Crippen LogP contribution in [0.3, 0.4) is 0 Å². The molecule has 21 heavy (non-hydrogen) atoms. The van der Waals surface area contributed by atoms with E-state index in [0.717, 1.165) is 17.0 Å². The summed E-state index contributed by atoms with van der Waals surface area (Å²) in [5.74, 6) is 0. The predicted octanol–water partition coefficient (Wildman–Crippen LogP) is 3.98. The molecule has 0 aliphatic carbocycles. The maximum Gasteiger partial charge on any atom is 0.406 e. The Morgan fingerprint density at radius 1 is 1.19 bits per heavy atom. The predicted molar refractivity (Wildman–Crippen MR) is 82.0 cm³/mol. The number of thiazole rings is 1. The van der Waals surface area contributed by atoms with E-state index in [1.165, 1.54) is 16.2 Å². The zero-order chi connectivity index (χ0) is 16.3. The molecule has 0 saturated heterocycles. The number of aryl methyl sites for hydroxylation is 1. The Hall–Kier alpha value is -0.820. The average Bonchev–Trinajstić information content (AvgIpc) is 2.74. The molecule has 0 fully saturated rings. The lowest BCUT2D eigenvalue weighted by atomic mass is 10.1. The summed E-state index contributed by atoms with van der Waals surface area (Å²) >= 11 is 1.35. The number of nitrogens with one attached hydrogen (secondary N) is 1. The van der Waals surface area contributed by atoms with E-state index >= 15 is 0 Å². The first kappa shape index (κ1) is 18.2. The maximum absolute atomic E-state index is 12.6. The highest BCUT2D eigenvalue weighted by Gasteiger charge is 2.31. The van der Waals surface area contributed by atoms with Gasteiger partial charge in [-0.15, -0.1) is 11.3 Å². The largest absolute Gasteiger partial charge is 0.406 e. The van der Waals surface area contributed by atoms with Crippen molar-refractivity contribution in [3.05, 3.63) is 10.6 Å². The molecular formula is C14H24F3N3S. The number of alkyl halides is 3. The van der Waals surface area contributed by atoms with Gasteiger partial charge in [-0.2, -0.15) is 13.2 Å². The second kappa shape index (κ2) is 6.96. The van der Waals surface area contributed by atoms with Crippen molar-refractivity contribution in [3.63, 3.8) is 0 Å². The third-order valence-electron chi connectivity index (χ3n) is 2.90. The van der Waals surface area contributed by atoms with Crippen LogP contribution in [0.15, 0.2) is 0 Å². The summed E-state index contributed by atoms with van der Waals surface area (Å²) in [4.78, 5) is 6.69. The standard InChI is InChI=1S/C14H24F3N3S/c1-6-10-11(8-18-13(3,4)5)21-12(19-10)20(7-2)9-14(15,16)17/h18H,6-9H2,1-5H3. The molecular weight excluding hydrogens is 299 g/mol. The summed E-state index contributed by atoms with van der Waals surface area (Å²) in [5, 5.41) is 3.82. The summed E-state index contributed by atoms with van der Waals surface area (Å²) in [6, 6.07) is 0. The number of rotatable bonds is 6. The molecule has 0 saturated carbocycles. The Bertz CT molecular complexity index is 449. The normalized spacial score (nSPS) is 12.8. The molecule has 1 N–H and O–H groups in total. The monoisotopic (exact) mass is 323 g/mol. The second-order valence-electron chi connectivity index (χ2n) is 5.95. The minimum Gasteiger partial charge on any atom is -0.339 e. The number of aromatic nitrogens is 1. The van der Waals surface area contributed by atoms with Crippen molar-refractivity contribution < 1.29 is 13.2 Å². The van der Waals surface area contributed by atoms with Crippen molar-refractivity contribution in [2.24, 2.45) is 0 Å². The zero-order valence-electron chi connectivity index (χ0n) is 13.3. The maximum atomic E-state index is 12.6. The number of halogens is 3. The summed E-state index contributed by atoms with van der Waals surface area (Å²) in [5.41, 5.74) is 0.846. The first-order chi connectivity index (χ1) is 9.55. The Morgan fingerprint density at radius 3 is 2.24 bits per heavy atom. The van der Waals surface area contributed by atoms with Crippen LogP contribution >= 0.6 is 11.3 Å². The van der Waals surface area contributed by atoms with Gasteiger partial charge in [-0.3, -0.25) is 0 Å². The molecule has 0 aliphatic heterocycles. The highest BCUT2D eigenvalue weighted by atomic mass is 32.1. The van der Waals surface area contributed by atoms with Gasteiger partial charge in [0.1, 0.15) is 6.54 Å². The fourth-order valence-electron chi connectivity index (χ4n) is 1.80. The van der Waals surface area contributed by atoms with E-state index in [2.05, 4.69) is 31.1 Å². The van der Waals surface area contributed by atoms with Crippen LogP contribution < -0.4 is 10.2 Å². The van der Waals surface area contributed by atoms with Gasteiger partial charge in [0.05, 0.1) is 5.69 Å². The van der Waals surface area contributed by atoms with Gasteiger partial charge < -0.3 is 10.2 Å². The SMILES string of the molecule is CCc1nc(N(CC)CC(F)(F)F)sc1CNC(C)(C)C. The number of hydrogen-bond acceptors (Lipinski definition) is 4. The van der Waals surface area contributed by atoms with E-state index in [-0.39, 0.29) is 5.54 Å². The minimum atomic E-state index is -4.21. The van der Waals surface area contributed by atoms with Gasteiger partial charge in [-0.1, -0.05) is 6.92 Å². The Kier molecular flexibility index (Phi) is 6.04. The third-order valence-corrected chi connectivity index (χ3v) is 4.06. The molecule has 1 heterocycles. The molecule has 1 rings (SSSR count). The van der Waals surface area contributed by atoms with Crippen LogP contribution in [0.5, 0.6) is 0 Å². The van der Waals surface area contributed by atoms with Gasteiger partial charge in [-0.05, 0) is 34.1 Å². The molecule has 0 bridgehead atoms. The Balaban J connectivity index is 2.91. The van der Waals surface area contributed by atoms with Gasteiger partial charge in [0.15, 0.2) is 5.13 Å². The molecule has 0 atom stereocenters. The van der Waals surface area contributed by atoms with Crippen LogP contribution in [0.1, 0.15) is 45.2 Å². The van der Waals surface area contributed by atoms with E-state index in [1.54, 1.807) is 6.92 Å². The Labute approximate surface area is 128 Å². The first-order valence-corrected chi connectivity index (χ1v) is 7.92. The van der Waals surface area contributed by atoms with Crippen LogP contribution in [-0.4, -0.2) is 29.8 Å².